The number of nitrogens with zero attached hydrogens (tertiary/aromatic N) is 3. The largest absolute Gasteiger partial charge is 0.377 e. The number of carbonyl (C=O) groups is 2. The number of ketones is 1. The number of rotatable bonds is 6. The van der Waals surface area contributed by atoms with Gasteiger partial charge in [-0.3, -0.25) is 19.4 Å². The molecule has 1 saturated heterocycles. The first-order valence-corrected chi connectivity index (χ1v) is 7.91. The van der Waals surface area contributed by atoms with Gasteiger partial charge in [0.15, 0.2) is 0 Å². The number of nitrogens with one attached hydrogen (secondary N) is 1. The molecular weight excluding hydrogens is 300 g/mol. The van der Waals surface area contributed by atoms with Gasteiger partial charge in [0.05, 0.1) is 31.1 Å². The number of ether oxygens (including phenoxy) is 1. The maximum Gasteiger partial charge on any atom is 0.305 e. The van der Waals surface area contributed by atoms with Crippen LogP contribution in [0, 0.1) is 5.41 Å². The fourth-order valence-corrected chi connectivity index (χ4v) is 2.17. The number of hydrogen-bond donors (Lipinski definition) is 1. The lowest BCUT2D eigenvalue weighted by Gasteiger charge is -2.18. The number of hydrogen-bond acceptors (Lipinski definition) is 6. The Bertz CT molecular complexity index is 544. The van der Waals surface area contributed by atoms with Crippen LogP contribution in [0.3, 0.4) is 0 Å². The van der Waals surface area contributed by atoms with Gasteiger partial charge in [0.2, 0.25) is 11.2 Å². The van der Waals surface area contributed by atoms with Crippen LogP contribution >= 0.6 is 0 Å². The van der Waals surface area contributed by atoms with Crippen molar-refractivity contribution in [2.24, 2.45) is 5.41 Å². The Hall–Kier alpha value is -1.96. The maximum absolute atomic E-state index is 11.9. The van der Waals surface area contributed by atoms with E-state index in [0.29, 0.717) is 31.9 Å². The van der Waals surface area contributed by atoms with E-state index in [1.54, 1.807) is 11.0 Å². The Morgan fingerprint density at radius 3 is 2.65 bits per heavy atom. The third-order valence-electron chi connectivity index (χ3n) is 3.64. The normalized spacial score (nSPS) is 15.5. The molecule has 2 heterocycles. The average Bonchev–Trinajstić information content (AvgIpc) is 2.95. The first-order valence-electron chi connectivity index (χ1n) is 7.91. The van der Waals surface area contributed by atoms with E-state index in [2.05, 4.69) is 10.6 Å². The number of carbonyl (C=O) groups excluding carboxylic acids is 2. The van der Waals surface area contributed by atoms with Crippen molar-refractivity contribution in [2.75, 3.05) is 36.6 Å². The van der Waals surface area contributed by atoms with Crippen LogP contribution in [0.2, 0.25) is 0 Å². The zero-order valence-corrected chi connectivity index (χ0v) is 14.0. The quantitative estimate of drug-likeness (QED) is 0.773. The van der Waals surface area contributed by atoms with Crippen LogP contribution in [-0.2, 0) is 14.3 Å². The summed E-state index contributed by atoms with van der Waals surface area (Å²) in [5, 5.41) is 8.50. The van der Waals surface area contributed by atoms with Crippen molar-refractivity contribution >= 4 is 17.6 Å². The first-order chi connectivity index (χ1) is 10.9. The van der Waals surface area contributed by atoms with Gasteiger partial charge in [-0.25, -0.2) is 0 Å². The fourth-order valence-electron chi connectivity index (χ4n) is 2.17. The lowest BCUT2D eigenvalue weighted by Crippen LogP contribution is -2.62. The fraction of sp³-hybridized carbons (Fsp3) is 0.733. The highest BCUT2D eigenvalue weighted by molar-refractivity contribution is 5.89. The molecule has 0 aromatic carbocycles. The summed E-state index contributed by atoms with van der Waals surface area (Å²) in [6.07, 6.45) is 2.84. The lowest BCUT2D eigenvalue weighted by atomic mass is 9.88. The summed E-state index contributed by atoms with van der Waals surface area (Å²) in [6, 6.07) is 0. The molecule has 1 fully saturated rings. The number of amides is 1. The number of Topliss-reactive ketones (excluding diaryl/α,β-unsaturated/α-hetero) is 1. The van der Waals surface area contributed by atoms with Crippen LogP contribution in [0.4, 0.5) is 5.88 Å². The molecule has 0 unspecified atom stereocenters. The predicted molar refractivity (Wildman–Crippen MR) is 82.4 cm³/mol. The van der Waals surface area contributed by atoms with Crippen molar-refractivity contribution < 1.29 is 23.6 Å². The smallest absolute Gasteiger partial charge is 0.305 e. The summed E-state index contributed by atoms with van der Waals surface area (Å²) in [6.45, 7) is 8.38. The molecular formula is C15H25N4O4+. The van der Waals surface area contributed by atoms with Crippen LogP contribution < -0.4 is 15.1 Å². The molecule has 128 valence electrons. The van der Waals surface area contributed by atoms with Crippen LogP contribution in [0.5, 0.6) is 0 Å². The number of aromatic nitrogens is 2. The second-order valence-corrected chi connectivity index (χ2v) is 6.63. The minimum Gasteiger partial charge on any atom is -0.377 e. The zero-order valence-electron chi connectivity index (χ0n) is 14.0. The van der Waals surface area contributed by atoms with Crippen LogP contribution in [0.1, 0.15) is 40.0 Å². The third kappa shape index (κ3) is 5.31. The van der Waals surface area contributed by atoms with Crippen molar-refractivity contribution in [1.82, 2.24) is 5.27 Å². The van der Waals surface area contributed by atoms with Crippen LogP contribution in [0.25, 0.3) is 0 Å². The average molecular weight is 325 g/mol. The van der Waals surface area contributed by atoms with E-state index in [4.69, 9.17) is 9.26 Å². The molecule has 1 amide bonds. The topological polar surface area (TPSA) is 88.6 Å². The first kappa shape index (κ1) is 17.4. The summed E-state index contributed by atoms with van der Waals surface area (Å²) < 4.78 is 10.4. The summed E-state index contributed by atoms with van der Waals surface area (Å²) in [5.74, 6) is 0.274. The van der Waals surface area contributed by atoms with Gasteiger partial charge in [0.25, 0.3) is 6.20 Å². The summed E-state index contributed by atoms with van der Waals surface area (Å²) in [4.78, 5) is 25.3. The van der Waals surface area contributed by atoms with Gasteiger partial charge < -0.3 is 4.74 Å². The molecule has 2 rings (SSSR count). The Morgan fingerprint density at radius 2 is 2.00 bits per heavy atom. The van der Waals surface area contributed by atoms with Gasteiger partial charge in [0, 0.05) is 18.3 Å². The summed E-state index contributed by atoms with van der Waals surface area (Å²) in [5.41, 5.74) is -0.356. The second-order valence-electron chi connectivity index (χ2n) is 6.63. The van der Waals surface area contributed by atoms with Crippen LogP contribution in [-0.4, -0.2) is 43.3 Å². The van der Waals surface area contributed by atoms with Gasteiger partial charge in [-0.2, -0.15) is 0 Å². The molecule has 1 N–H and O–H groups in total. The standard InChI is InChI=1S/C15H24N4O4/c1-15(2,3)12(20)5-4-6-13(21)16-14-11-19(17-23-14)18-7-9-22-10-8-18/h11H,4-10H2,1-3H3/p+1. The molecule has 0 aliphatic carbocycles. The molecule has 0 spiro atoms. The molecule has 8 nitrogen and oxygen atoms in total. The van der Waals surface area contributed by atoms with E-state index in [1.807, 2.05) is 25.8 Å². The van der Waals surface area contributed by atoms with Gasteiger partial charge in [0.1, 0.15) is 5.78 Å². The molecule has 8 heteroatoms. The van der Waals surface area contributed by atoms with E-state index in [0.717, 1.165) is 13.1 Å². The van der Waals surface area contributed by atoms with Gasteiger partial charge in [-0.05, 0) is 6.42 Å². The van der Waals surface area contributed by atoms with E-state index in [1.165, 1.54) is 0 Å². The van der Waals surface area contributed by atoms with Crippen molar-refractivity contribution in [3.05, 3.63) is 6.20 Å². The highest BCUT2D eigenvalue weighted by Crippen LogP contribution is 2.18. The Labute approximate surface area is 135 Å². The molecule has 1 aliphatic rings. The Morgan fingerprint density at radius 1 is 1.30 bits per heavy atom. The summed E-state index contributed by atoms with van der Waals surface area (Å²) in [7, 11) is 0. The Kier molecular flexibility index (Phi) is 5.70. The van der Waals surface area contributed by atoms with E-state index in [-0.39, 0.29) is 23.5 Å². The van der Waals surface area contributed by atoms with Gasteiger partial charge in [-0.15, -0.1) is 5.01 Å². The third-order valence-corrected chi connectivity index (χ3v) is 3.64. The molecule has 23 heavy (non-hydrogen) atoms. The van der Waals surface area contributed by atoms with E-state index >= 15 is 0 Å². The number of morpholine rings is 1. The molecule has 0 saturated carbocycles. The number of anilines is 1. The minimum atomic E-state index is -0.356. The molecule has 0 atom stereocenters. The second kappa shape index (κ2) is 7.54. The SMILES string of the molecule is CC(C)(C)C(=O)CCCC(=O)Nc1c[n+](N2CCOCC2)no1. The van der Waals surface area contributed by atoms with Crippen molar-refractivity contribution in [1.29, 1.82) is 0 Å². The summed E-state index contributed by atoms with van der Waals surface area (Å²) >= 11 is 0. The molecule has 1 aromatic heterocycles. The zero-order chi connectivity index (χ0) is 16.9. The van der Waals surface area contributed by atoms with E-state index < -0.39 is 0 Å². The predicted octanol–water partition coefficient (Wildman–Crippen LogP) is 0.654. The van der Waals surface area contributed by atoms with Crippen LogP contribution in [0.15, 0.2) is 10.7 Å². The van der Waals surface area contributed by atoms with Gasteiger partial charge >= 0.3 is 5.88 Å². The highest BCUT2D eigenvalue weighted by atomic mass is 16.5. The molecule has 1 aromatic rings. The van der Waals surface area contributed by atoms with Crippen molar-refractivity contribution in [3.8, 4) is 0 Å². The van der Waals surface area contributed by atoms with Crippen molar-refractivity contribution in [3.63, 3.8) is 0 Å². The van der Waals surface area contributed by atoms with Gasteiger partial charge in [-0.1, -0.05) is 20.8 Å². The van der Waals surface area contributed by atoms with Crippen molar-refractivity contribution in [2.45, 2.75) is 40.0 Å². The highest BCUT2D eigenvalue weighted by Gasteiger charge is 2.24. The Balaban J connectivity index is 1.75. The van der Waals surface area contributed by atoms with E-state index in [9.17, 15) is 9.59 Å². The minimum absolute atomic E-state index is 0.162. The molecule has 0 bridgehead atoms. The molecule has 1 aliphatic heterocycles. The maximum atomic E-state index is 11.9. The molecule has 0 radical (unpaired) electrons. The monoisotopic (exact) mass is 325 g/mol. The lowest BCUT2D eigenvalue weighted by molar-refractivity contribution is -0.759.